The number of nitrogens with zero attached hydrogens (tertiary/aromatic N) is 4. The number of hydrogen-bond donors (Lipinski definition) is 1. The van der Waals surface area contributed by atoms with E-state index in [4.69, 9.17) is 0 Å². The third-order valence-electron chi connectivity index (χ3n) is 5.15. The lowest BCUT2D eigenvalue weighted by molar-refractivity contribution is 0.306. The van der Waals surface area contributed by atoms with Crippen LogP contribution in [0.3, 0.4) is 0 Å². The first-order chi connectivity index (χ1) is 9.74. The quantitative estimate of drug-likeness (QED) is 0.912. The van der Waals surface area contributed by atoms with Gasteiger partial charge in [-0.1, -0.05) is 12.8 Å². The van der Waals surface area contributed by atoms with E-state index in [1.165, 1.54) is 44.9 Å². The molecule has 0 bridgehead atoms. The molecule has 1 N–H and O–H groups in total. The van der Waals surface area contributed by atoms with Gasteiger partial charge >= 0.3 is 0 Å². The van der Waals surface area contributed by atoms with E-state index >= 15 is 0 Å². The Kier molecular flexibility index (Phi) is 2.69. The second-order valence-corrected chi connectivity index (χ2v) is 6.55. The van der Waals surface area contributed by atoms with Crippen LogP contribution in [0.5, 0.6) is 0 Å². The first-order valence-corrected chi connectivity index (χ1v) is 7.65. The number of anilines is 1. The van der Waals surface area contributed by atoms with Crippen molar-refractivity contribution in [3.8, 4) is 0 Å². The molecule has 0 aromatic carbocycles. The summed E-state index contributed by atoms with van der Waals surface area (Å²) in [6.07, 6.45) is 13.2. The standard InChI is InChI=1S/C15H21N5/c1-20-10-17-12-9-16-14(19-13(12)20)18-11-4-7-15(8-11)5-2-3-6-15/h9-11H,2-8H2,1H3,(H,16,18,19). The molecule has 1 spiro atoms. The molecule has 0 amide bonds. The Morgan fingerprint density at radius 1 is 1.25 bits per heavy atom. The Hall–Kier alpha value is -1.65. The van der Waals surface area contributed by atoms with Crippen LogP contribution in [0.2, 0.25) is 0 Å². The van der Waals surface area contributed by atoms with E-state index in [2.05, 4.69) is 20.3 Å². The Balaban J connectivity index is 1.51. The van der Waals surface area contributed by atoms with E-state index in [-0.39, 0.29) is 0 Å². The summed E-state index contributed by atoms with van der Waals surface area (Å²) in [5.74, 6) is 0.751. The molecule has 5 heteroatoms. The maximum Gasteiger partial charge on any atom is 0.224 e. The summed E-state index contributed by atoms with van der Waals surface area (Å²) in [5.41, 5.74) is 2.39. The second kappa shape index (κ2) is 4.43. The predicted molar refractivity (Wildman–Crippen MR) is 78.5 cm³/mol. The molecule has 2 aliphatic rings. The molecule has 2 aromatic heterocycles. The maximum absolute atomic E-state index is 4.59. The van der Waals surface area contributed by atoms with Crippen molar-refractivity contribution in [2.75, 3.05) is 5.32 Å². The van der Waals surface area contributed by atoms with Crippen LogP contribution in [0.15, 0.2) is 12.5 Å². The fourth-order valence-corrected chi connectivity index (χ4v) is 4.08. The van der Waals surface area contributed by atoms with Crippen molar-refractivity contribution in [2.45, 2.75) is 51.0 Å². The fraction of sp³-hybridized carbons (Fsp3) is 0.667. The molecule has 5 nitrogen and oxygen atoms in total. The van der Waals surface area contributed by atoms with Gasteiger partial charge in [-0.25, -0.2) is 9.97 Å². The first kappa shape index (κ1) is 12.1. The van der Waals surface area contributed by atoms with E-state index < -0.39 is 0 Å². The van der Waals surface area contributed by atoms with Crippen molar-refractivity contribution >= 4 is 17.1 Å². The zero-order valence-corrected chi connectivity index (χ0v) is 12.0. The van der Waals surface area contributed by atoms with Gasteiger partial charge in [0.2, 0.25) is 5.95 Å². The molecule has 20 heavy (non-hydrogen) atoms. The van der Waals surface area contributed by atoms with Gasteiger partial charge in [0.05, 0.1) is 12.5 Å². The number of aromatic nitrogens is 4. The molecule has 0 saturated heterocycles. The third kappa shape index (κ3) is 1.96. The van der Waals surface area contributed by atoms with Crippen molar-refractivity contribution in [3.05, 3.63) is 12.5 Å². The highest BCUT2D eigenvalue weighted by atomic mass is 15.2. The smallest absolute Gasteiger partial charge is 0.224 e. The normalized spacial score (nSPS) is 24.8. The molecular weight excluding hydrogens is 250 g/mol. The molecule has 106 valence electrons. The minimum Gasteiger partial charge on any atom is -0.351 e. The number of hydrogen-bond acceptors (Lipinski definition) is 4. The van der Waals surface area contributed by atoms with E-state index in [1.807, 2.05) is 17.8 Å². The lowest BCUT2D eigenvalue weighted by atomic mass is 9.84. The van der Waals surface area contributed by atoms with E-state index in [0.717, 1.165) is 17.1 Å². The van der Waals surface area contributed by atoms with Crippen molar-refractivity contribution in [1.82, 2.24) is 19.5 Å². The maximum atomic E-state index is 4.59. The molecule has 1 unspecified atom stereocenters. The monoisotopic (exact) mass is 271 g/mol. The van der Waals surface area contributed by atoms with Crippen LogP contribution in [-0.2, 0) is 7.05 Å². The molecule has 2 aromatic rings. The number of nitrogens with one attached hydrogen (secondary N) is 1. The molecule has 2 aliphatic carbocycles. The van der Waals surface area contributed by atoms with Crippen LogP contribution >= 0.6 is 0 Å². The van der Waals surface area contributed by atoms with Crippen LogP contribution < -0.4 is 5.32 Å². The summed E-state index contributed by atoms with van der Waals surface area (Å²) in [5, 5.41) is 3.54. The number of fused-ring (bicyclic) bond motifs is 1. The minimum absolute atomic E-state index is 0.541. The van der Waals surface area contributed by atoms with Gasteiger partial charge in [0.1, 0.15) is 5.52 Å². The zero-order valence-electron chi connectivity index (χ0n) is 12.0. The van der Waals surface area contributed by atoms with Crippen LogP contribution in [0.25, 0.3) is 11.2 Å². The van der Waals surface area contributed by atoms with Gasteiger partial charge in [0, 0.05) is 13.1 Å². The summed E-state index contributed by atoms with van der Waals surface area (Å²) in [6, 6.07) is 0.541. The van der Waals surface area contributed by atoms with E-state index in [0.29, 0.717) is 11.5 Å². The molecule has 1 atom stereocenters. The number of rotatable bonds is 2. The van der Waals surface area contributed by atoms with Crippen molar-refractivity contribution in [3.63, 3.8) is 0 Å². The van der Waals surface area contributed by atoms with Gasteiger partial charge in [-0.05, 0) is 37.5 Å². The van der Waals surface area contributed by atoms with Gasteiger partial charge in [-0.3, -0.25) is 0 Å². The summed E-state index contributed by atoms with van der Waals surface area (Å²) in [7, 11) is 1.97. The predicted octanol–water partition coefficient (Wildman–Crippen LogP) is 2.89. The molecule has 2 heterocycles. The lowest BCUT2D eigenvalue weighted by Crippen LogP contribution is -2.20. The average molecular weight is 271 g/mol. The molecule has 2 fully saturated rings. The fourth-order valence-electron chi connectivity index (χ4n) is 4.08. The summed E-state index contributed by atoms with van der Waals surface area (Å²) >= 11 is 0. The summed E-state index contributed by atoms with van der Waals surface area (Å²) in [6.45, 7) is 0. The molecule has 2 saturated carbocycles. The summed E-state index contributed by atoms with van der Waals surface area (Å²) in [4.78, 5) is 13.3. The van der Waals surface area contributed by atoms with Crippen LogP contribution in [0.4, 0.5) is 5.95 Å². The Morgan fingerprint density at radius 2 is 2.10 bits per heavy atom. The number of imidazole rings is 1. The van der Waals surface area contributed by atoms with Crippen LogP contribution in [-0.4, -0.2) is 25.6 Å². The zero-order chi connectivity index (χ0) is 13.6. The molecule has 0 radical (unpaired) electrons. The van der Waals surface area contributed by atoms with Gasteiger partial charge < -0.3 is 9.88 Å². The molecule has 4 rings (SSSR count). The minimum atomic E-state index is 0.541. The average Bonchev–Trinajstić information content (AvgIpc) is 3.15. The number of aryl methyl sites for hydroxylation is 1. The van der Waals surface area contributed by atoms with Gasteiger partial charge in [-0.2, -0.15) is 4.98 Å². The van der Waals surface area contributed by atoms with Crippen LogP contribution in [0.1, 0.15) is 44.9 Å². The SMILES string of the molecule is Cn1cnc2cnc(NC3CCC4(CCCC4)C3)nc21. The van der Waals surface area contributed by atoms with Crippen LogP contribution in [0, 0.1) is 5.41 Å². The Bertz CT molecular complexity index is 626. The first-order valence-electron chi connectivity index (χ1n) is 7.65. The largest absolute Gasteiger partial charge is 0.351 e. The molecule has 0 aliphatic heterocycles. The highest BCUT2D eigenvalue weighted by molar-refractivity contribution is 5.70. The third-order valence-corrected chi connectivity index (χ3v) is 5.15. The summed E-state index contributed by atoms with van der Waals surface area (Å²) < 4.78 is 1.94. The van der Waals surface area contributed by atoms with Gasteiger partial charge in [0.25, 0.3) is 0 Å². The second-order valence-electron chi connectivity index (χ2n) is 6.55. The van der Waals surface area contributed by atoms with Crippen molar-refractivity contribution < 1.29 is 0 Å². The highest BCUT2D eigenvalue weighted by Gasteiger charge is 2.41. The van der Waals surface area contributed by atoms with E-state index in [1.54, 1.807) is 6.33 Å². The van der Waals surface area contributed by atoms with Crippen molar-refractivity contribution in [2.24, 2.45) is 12.5 Å². The Morgan fingerprint density at radius 3 is 2.95 bits per heavy atom. The highest BCUT2D eigenvalue weighted by Crippen LogP contribution is 2.50. The lowest BCUT2D eigenvalue weighted by Gasteiger charge is -2.22. The van der Waals surface area contributed by atoms with Gasteiger partial charge in [0.15, 0.2) is 5.65 Å². The van der Waals surface area contributed by atoms with E-state index in [9.17, 15) is 0 Å². The topological polar surface area (TPSA) is 55.6 Å². The van der Waals surface area contributed by atoms with Gasteiger partial charge in [-0.15, -0.1) is 0 Å². The molecular formula is C15H21N5. The van der Waals surface area contributed by atoms with Crippen molar-refractivity contribution in [1.29, 1.82) is 0 Å². The Labute approximate surface area is 118 Å².